The number of benzene rings is 1. The molecule has 14 heavy (non-hydrogen) atoms. The van der Waals surface area contributed by atoms with Crippen molar-refractivity contribution in [2.45, 2.75) is 6.54 Å². The molecule has 74 valence electrons. The first kappa shape index (κ1) is 10.6. The molecular weight excluding hydrogens is 172 g/mol. The predicted molar refractivity (Wildman–Crippen MR) is 61.2 cm³/mol. The first-order valence-electron chi connectivity index (χ1n) is 4.63. The zero-order chi connectivity index (χ0) is 10.4. The Morgan fingerprint density at radius 3 is 2.43 bits per heavy atom. The zero-order valence-corrected chi connectivity index (χ0v) is 8.75. The third kappa shape index (κ3) is 3.51. The van der Waals surface area contributed by atoms with E-state index in [1.807, 2.05) is 0 Å². The molecule has 1 rings (SSSR count). The topological polar surface area (TPSA) is 15.3 Å². The number of hydrogen-bond donors (Lipinski definition) is 1. The van der Waals surface area contributed by atoms with E-state index in [1.165, 1.54) is 5.56 Å². The quantitative estimate of drug-likeness (QED) is 0.725. The summed E-state index contributed by atoms with van der Waals surface area (Å²) < 4.78 is 0. The van der Waals surface area contributed by atoms with Crippen molar-refractivity contribution in [2.75, 3.05) is 26.0 Å². The van der Waals surface area contributed by atoms with Gasteiger partial charge < -0.3 is 10.2 Å². The molecule has 0 unspecified atom stereocenters. The summed E-state index contributed by atoms with van der Waals surface area (Å²) >= 11 is 0. The van der Waals surface area contributed by atoms with Gasteiger partial charge in [-0.05, 0) is 31.8 Å². The van der Waals surface area contributed by atoms with Gasteiger partial charge in [0, 0.05) is 12.2 Å². The van der Waals surface area contributed by atoms with Gasteiger partial charge in [0.15, 0.2) is 0 Å². The van der Waals surface area contributed by atoms with Gasteiger partial charge in [0.2, 0.25) is 0 Å². The fourth-order valence-electron chi connectivity index (χ4n) is 1.25. The summed E-state index contributed by atoms with van der Waals surface area (Å²) in [5, 5.41) is 3.13. The Balaban J connectivity index is 2.56. The average Bonchev–Trinajstić information content (AvgIpc) is 2.16. The number of nitrogens with zero attached hydrogens (tertiary/aromatic N) is 1. The number of rotatable bonds is 4. The smallest absolute Gasteiger partial charge is 0.0763 e. The lowest BCUT2D eigenvalue weighted by molar-refractivity contribution is 0.402. The second kappa shape index (κ2) is 5.31. The highest BCUT2D eigenvalue weighted by atomic mass is 15.0. The molecule has 0 saturated heterocycles. The van der Waals surface area contributed by atoms with Crippen LogP contribution in [-0.4, -0.2) is 25.5 Å². The van der Waals surface area contributed by atoms with E-state index in [-0.39, 0.29) is 0 Å². The van der Waals surface area contributed by atoms with E-state index in [2.05, 4.69) is 54.5 Å². The molecule has 0 fully saturated rings. The van der Waals surface area contributed by atoms with Gasteiger partial charge in [0.1, 0.15) is 0 Å². The van der Waals surface area contributed by atoms with Crippen LogP contribution in [0.3, 0.4) is 0 Å². The summed E-state index contributed by atoms with van der Waals surface area (Å²) in [6.07, 6.45) is 5.15. The van der Waals surface area contributed by atoms with Crippen molar-refractivity contribution >= 4 is 5.69 Å². The molecule has 0 aliphatic rings. The normalized spacial score (nSPS) is 9.86. The van der Waals surface area contributed by atoms with E-state index in [9.17, 15) is 0 Å². The van der Waals surface area contributed by atoms with Gasteiger partial charge in [0.05, 0.1) is 6.54 Å². The van der Waals surface area contributed by atoms with Crippen LogP contribution in [0.5, 0.6) is 0 Å². The van der Waals surface area contributed by atoms with E-state index in [1.54, 1.807) is 0 Å². The fourth-order valence-corrected chi connectivity index (χ4v) is 1.25. The maximum Gasteiger partial charge on any atom is 0.0763 e. The highest BCUT2D eigenvalue weighted by Crippen LogP contribution is 2.09. The second-order valence-electron chi connectivity index (χ2n) is 3.49. The van der Waals surface area contributed by atoms with Crippen LogP contribution >= 0.6 is 0 Å². The lowest BCUT2D eigenvalue weighted by Gasteiger charge is -2.10. The van der Waals surface area contributed by atoms with Crippen molar-refractivity contribution in [1.82, 2.24) is 4.90 Å². The molecule has 0 radical (unpaired) electrons. The van der Waals surface area contributed by atoms with Gasteiger partial charge >= 0.3 is 0 Å². The van der Waals surface area contributed by atoms with Crippen molar-refractivity contribution in [1.29, 1.82) is 0 Å². The third-order valence-corrected chi connectivity index (χ3v) is 1.85. The Bertz CT molecular complexity index is 306. The molecule has 0 aliphatic carbocycles. The number of nitrogens with one attached hydrogen (secondary N) is 1. The van der Waals surface area contributed by atoms with Crippen LogP contribution in [-0.2, 0) is 6.54 Å². The van der Waals surface area contributed by atoms with Crippen LogP contribution in [0.4, 0.5) is 5.69 Å². The Hall–Kier alpha value is -1.46. The standard InChI is InChI=1S/C12H16N2/c1-4-9-13-12-7-5-11(6-8-12)10-14(2)3/h1,5-8,13H,9-10H2,2-3H3. The highest BCUT2D eigenvalue weighted by molar-refractivity contribution is 5.45. The Morgan fingerprint density at radius 2 is 1.93 bits per heavy atom. The van der Waals surface area contributed by atoms with Crippen molar-refractivity contribution in [3.63, 3.8) is 0 Å². The lowest BCUT2D eigenvalue weighted by atomic mass is 10.2. The van der Waals surface area contributed by atoms with Crippen LogP contribution in [0.15, 0.2) is 24.3 Å². The number of hydrogen-bond acceptors (Lipinski definition) is 2. The van der Waals surface area contributed by atoms with Crippen LogP contribution in [0.1, 0.15) is 5.56 Å². The second-order valence-corrected chi connectivity index (χ2v) is 3.49. The number of anilines is 1. The summed E-state index contributed by atoms with van der Waals surface area (Å²) in [7, 11) is 4.12. The molecule has 1 N–H and O–H groups in total. The maximum atomic E-state index is 5.15. The SMILES string of the molecule is C#CCNc1ccc(CN(C)C)cc1. The summed E-state index contributed by atoms with van der Waals surface area (Å²) in [6, 6.07) is 8.32. The van der Waals surface area contributed by atoms with Crippen LogP contribution < -0.4 is 5.32 Å². The molecule has 2 heteroatoms. The monoisotopic (exact) mass is 188 g/mol. The van der Waals surface area contributed by atoms with Gasteiger partial charge in [0.25, 0.3) is 0 Å². The van der Waals surface area contributed by atoms with E-state index < -0.39 is 0 Å². The van der Waals surface area contributed by atoms with Crippen LogP contribution in [0.2, 0.25) is 0 Å². The van der Waals surface area contributed by atoms with Gasteiger partial charge in [-0.3, -0.25) is 0 Å². The minimum Gasteiger partial charge on any atom is -0.374 e. The van der Waals surface area contributed by atoms with Crippen molar-refractivity contribution in [2.24, 2.45) is 0 Å². The Kier molecular flexibility index (Phi) is 4.03. The zero-order valence-electron chi connectivity index (χ0n) is 8.75. The molecule has 0 amide bonds. The minimum absolute atomic E-state index is 0.576. The molecule has 0 saturated carbocycles. The molecule has 2 nitrogen and oxygen atoms in total. The first-order valence-corrected chi connectivity index (χ1v) is 4.63. The van der Waals surface area contributed by atoms with E-state index >= 15 is 0 Å². The minimum atomic E-state index is 0.576. The first-order chi connectivity index (χ1) is 6.72. The van der Waals surface area contributed by atoms with Gasteiger partial charge in [-0.1, -0.05) is 18.1 Å². The largest absolute Gasteiger partial charge is 0.374 e. The van der Waals surface area contributed by atoms with E-state index in [4.69, 9.17) is 6.42 Å². The Morgan fingerprint density at radius 1 is 1.29 bits per heavy atom. The molecule has 0 atom stereocenters. The molecule has 1 aromatic rings. The maximum absolute atomic E-state index is 5.15. The molecule has 0 spiro atoms. The molecule has 0 aromatic heterocycles. The van der Waals surface area contributed by atoms with Gasteiger partial charge in [-0.2, -0.15) is 0 Å². The molecular formula is C12H16N2. The van der Waals surface area contributed by atoms with Crippen LogP contribution in [0.25, 0.3) is 0 Å². The van der Waals surface area contributed by atoms with Crippen molar-refractivity contribution in [3.05, 3.63) is 29.8 Å². The summed E-state index contributed by atoms with van der Waals surface area (Å²) in [4.78, 5) is 2.14. The van der Waals surface area contributed by atoms with Crippen LogP contribution in [0, 0.1) is 12.3 Å². The van der Waals surface area contributed by atoms with Crippen molar-refractivity contribution < 1.29 is 0 Å². The van der Waals surface area contributed by atoms with Crippen molar-refractivity contribution in [3.8, 4) is 12.3 Å². The fraction of sp³-hybridized carbons (Fsp3) is 0.333. The molecule has 0 heterocycles. The predicted octanol–water partition coefficient (Wildman–Crippen LogP) is 1.79. The highest BCUT2D eigenvalue weighted by Gasteiger charge is 1.95. The summed E-state index contributed by atoms with van der Waals surface area (Å²) in [5.41, 5.74) is 2.38. The summed E-state index contributed by atoms with van der Waals surface area (Å²) in [5.74, 6) is 2.54. The molecule has 1 aromatic carbocycles. The van der Waals surface area contributed by atoms with Gasteiger partial charge in [-0.15, -0.1) is 6.42 Å². The Labute approximate surface area is 85.9 Å². The number of terminal acetylenes is 1. The molecule has 0 aliphatic heterocycles. The van der Waals surface area contributed by atoms with E-state index in [0.29, 0.717) is 6.54 Å². The lowest BCUT2D eigenvalue weighted by Crippen LogP contribution is -2.10. The van der Waals surface area contributed by atoms with E-state index in [0.717, 1.165) is 12.2 Å². The average molecular weight is 188 g/mol. The summed E-state index contributed by atoms with van der Waals surface area (Å²) in [6.45, 7) is 1.54. The van der Waals surface area contributed by atoms with Gasteiger partial charge in [-0.25, -0.2) is 0 Å². The third-order valence-electron chi connectivity index (χ3n) is 1.85. The molecule has 0 bridgehead atoms.